The maximum absolute atomic E-state index is 12.4. The van der Waals surface area contributed by atoms with Gasteiger partial charge < -0.3 is 19.4 Å². The fourth-order valence-corrected chi connectivity index (χ4v) is 5.75. The number of carbonyl (C=O) groups excluding carboxylic acids is 1. The first-order chi connectivity index (χ1) is 19.8. The lowest BCUT2D eigenvalue weighted by Gasteiger charge is -2.34. The molecule has 0 atom stereocenters. The van der Waals surface area contributed by atoms with Crippen LogP contribution in [0.25, 0.3) is 22.1 Å². The van der Waals surface area contributed by atoms with Crippen LogP contribution in [0, 0.1) is 0 Å². The molecular formula is C33H47ClN4O3. The third kappa shape index (κ3) is 9.47. The largest absolute Gasteiger partial charge is 0.493 e. The van der Waals surface area contributed by atoms with Crippen molar-refractivity contribution in [1.82, 2.24) is 20.0 Å². The molecule has 224 valence electrons. The zero-order valence-corrected chi connectivity index (χ0v) is 26.0. The van der Waals surface area contributed by atoms with Crippen LogP contribution in [0.4, 0.5) is 0 Å². The molecule has 0 radical (unpaired) electrons. The van der Waals surface area contributed by atoms with Crippen molar-refractivity contribution >= 4 is 28.5 Å². The first-order valence-corrected chi connectivity index (χ1v) is 15.5. The van der Waals surface area contributed by atoms with Gasteiger partial charge in [0.25, 0.3) is 0 Å². The molecule has 0 spiro atoms. The van der Waals surface area contributed by atoms with Crippen LogP contribution in [-0.4, -0.2) is 91.7 Å². The number of unbranched alkanes of at least 4 members (excludes halogenated alkanes) is 2. The van der Waals surface area contributed by atoms with E-state index in [-0.39, 0.29) is 5.91 Å². The van der Waals surface area contributed by atoms with E-state index < -0.39 is 0 Å². The van der Waals surface area contributed by atoms with E-state index in [0.29, 0.717) is 31.8 Å². The molecule has 1 fully saturated rings. The number of hydrogen-bond donors (Lipinski definition) is 1. The van der Waals surface area contributed by atoms with Crippen LogP contribution >= 0.6 is 11.6 Å². The van der Waals surface area contributed by atoms with E-state index in [1.807, 2.05) is 36.4 Å². The maximum Gasteiger partial charge on any atom is 0.234 e. The van der Waals surface area contributed by atoms with Crippen LogP contribution < -0.4 is 10.1 Å². The number of rotatable bonds is 15. The van der Waals surface area contributed by atoms with E-state index in [1.54, 1.807) is 6.26 Å². The van der Waals surface area contributed by atoms with E-state index >= 15 is 0 Å². The molecule has 0 unspecified atom stereocenters. The molecule has 1 N–H and O–H groups in total. The molecule has 0 bridgehead atoms. The number of carbonyl (C=O) groups is 1. The predicted octanol–water partition coefficient (Wildman–Crippen LogP) is 6.15. The molecule has 0 aliphatic carbocycles. The van der Waals surface area contributed by atoms with Crippen molar-refractivity contribution < 1.29 is 13.9 Å². The Morgan fingerprint density at radius 2 is 1.68 bits per heavy atom. The highest BCUT2D eigenvalue weighted by molar-refractivity contribution is 6.30. The molecule has 2 heterocycles. The zero-order valence-electron chi connectivity index (χ0n) is 25.2. The van der Waals surface area contributed by atoms with Gasteiger partial charge in [-0.2, -0.15) is 0 Å². The number of benzene rings is 2. The fraction of sp³-hybridized carbons (Fsp3) is 0.545. The summed E-state index contributed by atoms with van der Waals surface area (Å²) < 4.78 is 11.8. The van der Waals surface area contributed by atoms with Crippen molar-refractivity contribution in [1.29, 1.82) is 0 Å². The Morgan fingerprint density at radius 1 is 0.976 bits per heavy atom. The molecular weight excluding hydrogens is 536 g/mol. The van der Waals surface area contributed by atoms with Crippen LogP contribution in [0.2, 0.25) is 5.02 Å². The summed E-state index contributed by atoms with van der Waals surface area (Å²) >= 11 is 6.03. The summed E-state index contributed by atoms with van der Waals surface area (Å²) in [6.45, 7) is 16.7. The number of furan rings is 1. The van der Waals surface area contributed by atoms with Crippen LogP contribution in [-0.2, 0) is 4.79 Å². The Hall–Kier alpha value is -2.58. The Morgan fingerprint density at radius 3 is 2.39 bits per heavy atom. The minimum absolute atomic E-state index is 0.138. The molecule has 2 aromatic carbocycles. The lowest BCUT2D eigenvalue weighted by molar-refractivity contribution is -0.122. The molecule has 7 nitrogen and oxygen atoms in total. The van der Waals surface area contributed by atoms with Gasteiger partial charge in [-0.25, -0.2) is 0 Å². The first kappa shape index (κ1) is 31.4. The van der Waals surface area contributed by atoms with Gasteiger partial charge in [-0.15, -0.1) is 0 Å². The Kier molecular flexibility index (Phi) is 11.9. The lowest BCUT2D eigenvalue weighted by Crippen LogP contribution is -2.50. The minimum atomic E-state index is 0.138. The number of piperazine rings is 1. The average Bonchev–Trinajstić information content (AvgIpc) is 3.37. The molecule has 1 aromatic heterocycles. The second kappa shape index (κ2) is 15.6. The van der Waals surface area contributed by atoms with Gasteiger partial charge in [0.1, 0.15) is 11.3 Å². The van der Waals surface area contributed by atoms with Crippen LogP contribution in [0.1, 0.15) is 47.0 Å². The Balaban J connectivity index is 1.07. The number of nitrogens with one attached hydrogen (secondary N) is 1. The number of halogens is 1. The second-order valence-corrected chi connectivity index (χ2v) is 12.1. The summed E-state index contributed by atoms with van der Waals surface area (Å²) in [6.07, 6.45) is 5.11. The van der Waals surface area contributed by atoms with E-state index in [4.69, 9.17) is 20.8 Å². The monoisotopic (exact) mass is 582 g/mol. The van der Waals surface area contributed by atoms with E-state index in [9.17, 15) is 4.79 Å². The van der Waals surface area contributed by atoms with Gasteiger partial charge in [-0.05, 0) is 83.3 Å². The number of hydrogen-bond acceptors (Lipinski definition) is 6. The van der Waals surface area contributed by atoms with Crippen molar-refractivity contribution in [3.05, 3.63) is 53.8 Å². The van der Waals surface area contributed by atoms with Gasteiger partial charge in [0.05, 0.1) is 19.4 Å². The van der Waals surface area contributed by atoms with Gasteiger partial charge in [-0.1, -0.05) is 23.7 Å². The molecule has 1 amide bonds. The van der Waals surface area contributed by atoms with E-state index in [2.05, 4.69) is 53.8 Å². The van der Waals surface area contributed by atoms with Gasteiger partial charge in [-0.3, -0.25) is 14.6 Å². The standard InChI is InChI=1S/C33H47ClN4O3/c1-25(2)38(26(3)4)16-14-35-33(39)23-37-19-17-36(18-20-37)15-6-5-7-21-40-29-12-13-30-31(24-41-32(30)22-29)27-8-10-28(34)11-9-27/h8-13,22,24-26H,5-7,14-21,23H2,1-4H3,(H,35,39). The normalized spacial score (nSPS) is 14.9. The highest BCUT2D eigenvalue weighted by Crippen LogP contribution is 2.33. The van der Waals surface area contributed by atoms with Crippen LogP contribution in [0.15, 0.2) is 53.1 Å². The maximum atomic E-state index is 12.4. The molecule has 1 aliphatic rings. The smallest absolute Gasteiger partial charge is 0.234 e. The van der Waals surface area contributed by atoms with E-state index in [0.717, 1.165) is 91.4 Å². The number of amides is 1. The molecule has 1 saturated heterocycles. The predicted molar refractivity (Wildman–Crippen MR) is 169 cm³/mol. The molecule has 0 saturated carbocycles. The van der Waals surface area contributed by atoms with Crippen LogP contribution in [0.5, 0.6) is 5.75 Å². The first-order valence-electron chi connectivity index (χ1n) is 15.2. The molecule has 8 heteroatoms. The summed E-state index contributed by atoms with van der Waals surface area (Å²) in [5.74, 6) is 0.978. The highest BCUT2D eigenvalue weighted by Gasteiger charge is 2.19. The quantitative estimate of drug-likeness (QED) is 0.217. The average molecular weight is 583 g/mol. The summed E-state index contributed by atoms with van der Waals surface area (Å²) in [5.41, 5.74) is 2.97. The van der Waals surface area contributed by atoms with E-state index in [1.165, 1.54) is 0 Å². The lowest BCUT2D eigenvalue weighted by atomic mass is 10.0. The number of nitrogens with zero attached hydrogens (tertiary/aromatic N) is 3. The second-order valence-electron chi connectivity index (χ2n) is 11.6. The zero-order chi connectivity index (χ0) is 29.2. The topological polar surface area (TPSA) is 61.2 Å². The van der Waals surface area contributed by atoms with Crippen molar-refractivity contribution in [3.8, 4) is 16.9 Å². The fourth-order valence-electron chi connectivity index (χ4n) is 5.62. The van der Waals surface area contributed by atoms with Crippen molar-refractivity contribution in [2.75, 3.05) is 59.0 Å². The molecule has 41 heavy (non-hydrogen) atoms. The van der Waals surface area contributed by atoms with Gasteiger partial charge in [0.15, 0.2) is 0 Å². The Bertz CT molecular complexity index is 1210. The van der Waals surface area contributed by atoms with Crippen molar-refractivity contribution in [2.45, 2.75) is 59.0 Å². The molecule has 3 aromatic rings. The highest BCUT2D eigenvalue weighted by atomic mass is 35.5. The van der Waals surface area contributed by atoms with Crippen molar-refractivity contribution in [2.24, 2.45) is 0 Å². The minimum Gasteiger partial charge on any atom is -0.493 e. The number of ether oxygens (including phenoxy) is 1. The van der Waals surface area contributed by atoms with Crippen LogP contribution in [0.3, 0.4) is 0 Å². The molecule has 4 rings (SSSR count). The SMILES string of the molecule is CC(C)N(CCNC(=O)CN1CCN(CCCCCOc2ccc3c(-c4ccc(Cl)cc4)coc3c2)CC1)C(C)C. The summed E-state index contributed by atoms with van der Waals surface area (Å²) in [4.78, 5) is 19.6. The third-order valence-corrected chi connectivity index (χ3v) is 8.19. The van der Waals surface area contributed by atoms with Gasteiger partial charge >= 0.3 is 0 Å². The number of fused-ring (bicyclic) bond motifs is 1. The summed E-state index contributed by atoms with van der Waals surface area (Å²) in [5, 5.41) is 4.90. The van der Waals surface area contributed by atoms with Crippen molar-refractivity contribution in [3.63, 3.8) is 0 Å². The Labute approximate surface area is 250 Å². The third-order valence-electron chi connectivity index (χ3n) is 7.94. The summed E-state index contributed by atoms with van der Waals surface area (Å²) in [7, 11) is 0. The molecule has 1 aliphatic heterocycles. The van der Waals surface area contributed by atoms with Gasteiger partial charge in [0.2, 0.25) is 5.91 Å². The summed E-state index contributed by atoms with van der Waals surface area (Å²) in [6, 6.07) is 14.8. The van der Waals surface area contributed by atoms with Gasteiger partial charge in [0, 0.05) is 73.4 Å².